The highest BCUT2D eigenvalue weighted by Crippen LogP contribution is 2.32. The Balaban J connectivity index is 2.64. The van der Waals surface area contributed by atoms with Gasteiger partial charge in [0.1, 0.15) is 6.04 Å². The molecule has 0 aliphatic heterocycles. The third-order valence-electron chi connectivity index (χ3n) is 1.62. The maximum atomic E-state index is 11.0. The molecular weight excluding hydrogens is 334 g/mol. The third-order valence-corrected chi connectivity index (χ3v) is 4.90. The van der Waals surface area contributed by atoms with Gasteiger partial charge in [-0.2, -0.15) is 0 Å². The van der Waals surface area contributed by atoms with E-state index in [1.54, 1.807) is 11.3 Å². The van der Waals surface area contributed by atoms with E-state index in [2.05, 4.69) is 36.6 Å². The molecule has 1 rings (SSSR count). The van der Waals surface area contributed by atoms with Crippen molar-refractivity contribution in [2.24, 2.45) is 5.73 Å². The number of methoxy groups -OCH3 is 1. The summed E-state index contributed by atoms with van der Waals surface area (Å²) in [6.45, 7) is 0. The molecule has 0 aliphatic rings. The molecule has 2 N–H and O–H groups in total. The van der Waals surface area contributed by atoms with Gasteiger partial charge in [-0.15, -0.1) is 11.3 Å². The smallest absolute Gasteiger partial charge is 0.323 e. The van der Waals surface area contributed by atoms with Crippen molar-refractivity contribution in [2.75, 3.05) is 7.11 Å². The first-order chi connectivity index (χ1) is 6.54. The van der Waals surface area contributed by atoms with E-state index < -0.39 is 6.04 Å². The van der Waals surface area contributed by atoms with E-state index >= 15 is 0 Å². The van der Waals surface area contributed by atoms with Gasteiger partial charge in [0.2, 0.25) is 0 Å². The maximum absolute atomic E-state index is 11.0. The Morgan fingerprint density at radius 1 is 1.71 bits per heavy atom. The average Bonchev–Trinajstić information content (AvgIpc) is 2.44. The zero-order chi connectivity index (χ0) is 10.7. The summed E-state index contributed by atoms with van der Waals surface area (Å²) in [5.74, 6) is -0.384. The van der Waals surface area contributed by atoms with Gasteiger partial charge in [-0.05, 0) is 37.9 Å². The lowest BCUT2D eigenvalue weighted by Crippen LogP contribution is -2.33. The van der Waals surface area contributed by atoms with Crippen molar-refractivity contribution >= 4 is 49.2 Å². The van der Waals surface area contributed by atoms with E-state index in [0.29, 0.717) is 6.42 Å². The Labute approximate surface area is 103 Å². The fourth-order valence-corrected chi connectivity index (χ4v) is 3.18. The number of carbonyl (C=O) groups is 1. The summed E-state index contributed by atoms with van der Waals surface area (Å²) >= 11 is 8.29. The zero-order valence-electron chi connectivity index (χ0n) is 7.42. The lowest BCUT2D eigenvalue weighted by atomic mass is 10.2. The largest absolute Gasteiger partial charge is 0.468 e. The molecule has 0 aliphatic carbocycles. The quantitative estimate of drug-likeness (QED) is 0.857. The van der Waals surface area contributed by atoms with Crippen LogP contribution < -0.4 is 5.73 Å². The fourth-order valence-electron chi connectivity index (χ4n) is 0.943. The van der Waals surface area contributed by atoms with Crippen molar-refractivity contribution < 1.29 is 9.53 Å². The molecule has 1 atom stereocenters. The molecule has 1 heterocycles. The summed E-state index contributed by atoms with van der Waals surface area (Å²) in [6.07, 6.45) is 0.502. The second-order valence-corrected chi connectivity index (χ2v) is 5.98. The first-order valence-electron chi connectivity index (χ1n) is 3.81. The topological polar surface area (TPSA) is 52.3 Å². The highest BCUT2D eigenvalue weighted by atomic mass is 79.9. The predicted molar refractivity (Wildman–Crippen MR) is 63.4 cm³/mol. The average molecular weight is 343 g/mol. The number of ether oxygens (including phenoxy) is 1. The summed E-state index contributed by atoms with van der Waals surface area (Å²) in [7, 11) is 1.34. The van der Waals surface area contributed by atoms with Crippen LogP contribution in [-0.2, 0) is 16.0 Å². The minimum Gasteiger partial charge on any atom is -0.468 e. The van der Waals surface area contributed by atoms with Crippen LogP contribution in [0, 0.1) is 0 Å². The maximum Gasteiger partial charge on any atom is 0.323 e. The zero-order valence-corrected chi connectivity index (χ0v) is 11.4. The lowest BCUT2D eigenvalue weighted by molar-refractivity contribution is -0.142. The van der Waals surface area contributed by atoms with E-state index in [0.717, 1.165) is 13.1 Å². The fraction of sp³-hybridized carbons (Fsp3) is 0.375. The highest BCUT2D eigenvalue weighted by molar-refractivity contribution is 9.13. The Hall–Kier alpha value is 0.0900. The first-order valence-corrected chi connectivity index (χ1v) is 6.22. The minimum atomic E-state index is -0.586. The Morgan fingerprint density at radius 2 is 2.36 bits per heavy atom. The normalized spacial score (nSPS) is 12.6. The monoisotopic (exact) mass is 341 g/mol. The number of rotatable bonds is 3. The van der Waals surface area contributed by atoms with Crippen molar-refractivity contribution in [2.45, 2.75) is 12.5 Å². The van der Waals surface area contributed by atoms with Gasteiger partial charge < -0.3 is 10.5 Å². The van der Waals surface area contributed by atoms with Crippen LogP contribution in [0.15, 0.2) is 14.3 Å². The predicted octanol–water partition coefficient (Wildman–Crippen LogP) is 2.32. The van der Waals surface area contributed by atoms with Gasteiger partial charge in [0.25, 0.3) is 0 Å². The molecule has 0 amide bonds. The molecule has 0 aromatic carbocycles. The molecule has 1 unspecified atom stereocenters. The molecule has 1 aromatic heterocycles. The Kier molecular flexibility index (Phi) is 4.56. The Bertz CT molecular complexity index is 321. The number of hydrogen-bond acceptors (Lipinski definition) is 4. The molecule has 0 radical (unpaired) electrons. The molecule has 78 valence electrons. The van der Waals surface area contributed by atoms with Crippen LogP contribution in [0.2, 0.25) is 0 Å². The van der Waals surface area contributed by atoms with Gasteiger partial charge in [0.15, 0.2) is 0 Å². The second kappa shape index (κ2) is 5.25. The van der Waals surface area contributed by atoms with Crippen LogP contribution in [0.25, 0.3) is 0 Å². The standard InChI is InChI=1S/C8H9Br2NO2S/c1-13-8(12)6(11)3-4-2-5(9)7(10)14-4/h2,6H,3,11H2,1H3. The minimum absolute atomic E-state index is 0.384. The van der Waals surface area contributed by atoms with Crippen molar-refractivity contribution in [3.05, 3.63) is 19.2 Å². The number of hydrogen-bond donors (Lipinski definition) is 1. The molecule has 14 heavy (non-hydrogen) atoms. The van der Waals surface area contributed by atoms with Crippen LogP contribution in [0.5, 0.6) is 0 Å². The second-order valence-electron chi connectivity index (χ2n) is 2.67. The number of carbonyl (C=O) groups excluding carboxylic acids is 1. The summed E-state index contributed by atoms with van der Waals surface area (Å²) in [4.78, 5) is 12.1. The molecule has 0 saturated heterocycles. The Morgan fingerprint density at radius 3 is 2.79 bits per heavy atom. The van der Waals surface area contributed by atoms with Crippen molar-refractivity contribution in [1.29, 1.82) is 0 Å². The van der Waals surface area contributed by atoms with Crippen LogP contribution in [0.4, 0.5) is 0 Å². The molecule has 0 fully saturated rings. The molecular formula is C8H9Br2NO2S. The van der Waals surface area contributed by atoms with E-state index in [1.165, 1.54) is 7.11 Å². The van der Waals surface area contributed by atoms with Gasteiger partial charge in [-0.25, -0.2) is 0 Å². The van der Waals surface area contributed by atoms with Gasteiger partial charge in [-0.1, -0.05) is 0 Å². The summed E-state index contributed by atoms with van der Waals surface area (Å²) < 4.78 is 6.52. The highest BCUT2D eigenvalue weighted by Gasteiger charge is 2.16. The van der Waals surface area contributed by atoms with Crippen molar-refractivity contribution in [3.8, 4) is 0 Å². The molecule has 3 nitrogen and oxygen atoms in total. The SMILES string of the molecule is COC(=O)C(N)Cc1cc(Br)c(Br)s1. The van der Waals surface area contributed by atoms with Crippen LogP contribution in [0.3, 0.4) is 0 Å². The third kappa shape index (κ3) is 3.05. The number of esters is 1. The van der Waals surface area contributed by atoms with Gasteiger partial charge in [0.05, 0.1) is 10.9 Å². The van der Waals surface area contributed by atoms with Crippen LogP contribution >= 0.6 is 43.2 Å². The molecule has 0 spiro atoms. The van der Waals surface area contributed by atoms with Gasteiger partial charge >= 0.3 is 5.97 Å². The lowest BCUT2D eigenvalue weighted by Gasteiger charge is -2.06. The van der Waals surface area contributed by atoms with E-state index in [4.69, 9.17) is 5.73 Å². The summed E-state index contributed by atoms with van der Waals surface area (Å²) in [6, 6.07) is 1.36. The molecule has 6 heteroatoms. The van der Waals surface area contributed by atoms with Gasteiger partial charge in [-0.3, -0.25) is 4.79 Å². The van der Waals surface area contributed by atoms with E-state index in [1.807, 2.05) is 6.07 Å². The summed E-state index contributed by atoms with van der Waals surface area (Å²) in [5, 5.41) is 0. The number of thiophene rings is 1. The first kappa shape index (κ1) is 12.2. The molecule has 1 aromatic rings. The van der Waals surface area contributed by atoms with Crippen LogP contribution in [0.1, 0.15) is 4.88 Å². The van der Waals surface area contributed by atoms with E-state index in [-0.39, 0.29) is 5.97 Å². The van der Waals surface area contributed by atoms with Crippen molar-refractivity contribution in [1.82, 2.24) is 0 Å². The van der Waals surface area contributed by atoms with E-state index in [9.17, 15) is 4.79 Å². The number of halogens is 2. The molecule has 0 bridgehead atoms. The number of nitrogens with two attached hydrogens (primary N) is 1. The summed E-state index contributed by atoms with van der Waals surface area (Å²) in [5.41, 5.74) is 5.62. The van der Waals surface area contributed by atoms with Crippen molar-refractivity contribution in [3.63, 3.8) is 0 Å². The molecule has 0 saturated carbocycles. The van der Waals surface area contributed by atoms with Crippen LogP contribution in [-0.4, -0.2) is 19.1 Å². The van der Waals surface area contributed by atoms with Gasteiger partial charge in [0, 0.05) is 15.8 Å².